The normalized spacial score (nSPS) is 21.8. The van der Waals surface area contributed by atoms with E-state index in [1.165, 1.54) is 0 Å². The molecule has 4 nitrogen and oxygen atoms in total. The average molecular weight is 247 g/mol. The van der Waals surface area contributed by atoms with Crippen LogP contribution in [0, 0.1) is 5.92 Å². The maximum Gasteiger partial charge on any atom is 0.224 e. The van der Waals surface area contributed by atoms with Gasteiger partial charge in [-0.2, -0.15) is 0 Å². The van der Waals surface area contributed by atoms with E-state index in [0.717, 1.165) is 30.8 Å². The molecule has 2 atom stereocenters. The number of benzene rings is 1. The molecule has 2 rings (SSSR count). The van der Waals surface area contributed by atoms with Gasteiger partial charge in [0, 0.05) is 12.2 Å². The third kappa shape index (κ3) is 3.01. The van der Waals surface area contributed by atoms with Gasteiger partial charge in [-0.25, -0.2) is 0 Å². The molecule has 0 aromatic heterocycles. The van der Waals surface area contributed by atoms with Gasteiger partial charge in [0.2, 0.25) is 5.91 Å². The molecule has 4 heteroatoms. The lowest BCUT2D eigenvalue weighted by Gasteiger charge is -2.17. The van der Waals surface area contributed by atoms with Crippen LogP contribution in [0.2, 0.25) is 0 Å². The molecule has 3 N–H and O–H groups in total. The van der Waals surface area contributed by atoms with E-state index in [0.29, 0.717) is 0 Å². The smallest absolute Gasteiger partial charge is 0.224 e. The molecular weight excluding hydrogens is 226 g/mol. The lowest BCUT2D eigenvalue weighted by molar-refractivity contribution is -0.125. The number of anilines is 1. The van der Waals surface area contributed by atoms with Crippen molar-refractivity contribution in [1.82, 2.24) is 10.2 Å². The highest BCUT2D eigenvalue weighted by molar-refractivity contribution is 5.79. The quantitative estimate of drug-likeness (QED) is 0.794. The number of nitrogens with one attached hydrogen (secondary N) is 1. The maximum atomic E-state index is 12.1. The van der Waals surface area contributed by atoms with Crippen molar-refractivity contribution in [2.24, 2.45) is 5.92 Å². The molecule has 1 aromatic rings. The Hall–Kier alpha value is -1.55. The van der Waals surface area contributed by atoms with E-state index in [1.54, 1.807) is 0 Å². The molecule has 98 valence electrons. The van der Waals surface area contributed by atoms with Crippen LogP contribution < -0.4 is 11.1 Å². The Labute approximate surface area is 108 Å². The van der Waals surface area contributed by atoms with Crippen molar-refractivity contribution < 1.29 is 4.79 Å². The second-order valence-corrected chi connectivity index (χ2v) is 5.14. The SMILES string of the molecule is CC(NC(=O)C1CCN(C)C1)c1ccc(N)cc1. The summed E-state index contributed by atoms with van der Waals surface area (Å²) < 4.78 is 0. The second kappa shape index (κ2) is 5.40. The van der Waals surface area contributed by atoms with Gasteiger partial charge in [-0.15, -0.1) is 0 Å². The van der Waals surface area contributed by atoms with Crippen molar-refractivity contribution in [2.75, 3.05) is 25.9 Å². The molecule has 0 spiro atoms. The number of nitrogens with two attached hydrogens (primary N) is 1. The van der Waals surface area contributed by atoms with Gasteiger partial charge in [0.15, 0.2) is 0 Å². The zero-order valence-corrected chi connectivity index (χ0v) is 11.0. The molecule has 1 fully saturated rings. The maximum absolute atomic E-state index is 12.1. The first-order valence-corrected chi connectivity index (χ1v) is 6.40. The largest absolute Gasteiger partial charge is 0.399 e. The Kier molecular flexibility index (Phi) is 3.87. The topological polar surface area (TPSA) is 58.4 Å². The monoisotopic (exact) mass is 247 g/mol. The molecule has 1 heterocycles. The van der Waals surface area contributed by atoms with E-state index < -0.39 is 0 Å². The minimum atomic E-state index is 0.0315. The molecule has 2 unspecified atom stereocenters. The number of hydrogen-bond acceptors (Lipinski definition) is 3. The fourth-order valence-electron chi connectivity index (χ4n) is 2.35. The van der Waals surface area contributed by atoms with Crippen LogP contribution in [0.1, 0.15) is 24.9 Å². The first kappa shape index (κ1) is 12.9. The Morgan fingerprint density at radius 1 is 1.44 bits per heavy atom. The Morgan fingerprint density at radius 2 is 2.11 bits per heavy atom. The van der Waals surface area contributed by atoms with Crippen LogP contribution >= 0.6 is 0 Å². The van der Waals surface area contributed by atoms with Gasteiger partial charge >= 0.3 is 0 Å². The molecule has 1 aliphatic rings. The van der Waals surface area contributed by atoms with Gasteiger partial charge in [-0.3, -0.25) is 4.79 Å². The lowest BCUT2D eigenvalue weighted by Crippen LogP contribution is -2.34. The lowest BCUT2D eigenvalue weighted by atomic mass is 10.0. The van der Waals surface area contributed by atoms with Crippen molar-refractivity contribution in [3.05, 3.63) is 29.8 Å². The molecule has 0 saturated carbocycles. The number of carbonyl (C=O) groups excluding carboxylic acids is 1. The minimum Gasteiger partial charge on any atom is -0.399 e. The second-order valence-electron chi connectivity index (χ2n) is 5.14. The molecule has 0 radical (unpaired) electrons. The van der Waals surface area contributed by atoms with Crippen molar-refractivity contribution in [3.63, 3.8) is 0 Å². The predicted octanol–water partition coefficient (Wildman–Crippen LogP) is 1.40. The van der Waals surface area contributed by atoms with E-state index >= 15 is 0 Å². The Morgan fingerprint density at radius 3 is 2.67 bits per heavy atom. The van der Waals surface area contributed by atoms with E-state index in [9.17, 15) is 4.79 Å². The summed E-state index contributed by atoms with van der Waals surface area (Å²) in [4.78, 5) is 14.3. The van der Waals surface area contributed by atoms with Crippen molar-refractivity contribution in [2.45, 2.75) is 19.4 Å². The van der Waals surface area contributed by atoms with E-state index in [4.69, 9.17) is 5.73 Å². The molecule has 0 bridgehead atoms. The average Bonchev–Trinajstić information content (AvgIpc) is 2.76. The summed E-state index contributed by atoms with van der Waals surface area (Å²) in [5.74, 6) is 0.287. The Balaban J connectivity index is 1.92. The third-order valence-electron chi connectivity index (χ3n) is 3.56. The van der Waals surface area contributed by atoms with Gasteiger partial charge in [0.05, 0.1) is 12.0 Å². The summed E-state index contributed by atoms with van der Waals surface area (Å²) in [5, 5.41) is 3.07. The summed E-state index contributed by atoms with van der Waals surface area (Å²) in [6, 6.07) is 7.68. The first-order valence-electron chi connectivity index (χ1n) is 6.40. The van der Waals surface area contributed by atoms with Crippen LogP contribution in [0.5, 0.6) is 0 Å². The number of hydrogen-bond donors (Lipinski definition) is 2. The summed E-state index contributed by atoms with van der Waals surface area (Å²) in [6.45, 7) is 3.87. The number of rotatable bonds is 3. The number of nitrogen functional groups attached to an aromatic ring is 1. The van der Waals surface area contributed by atoms with Crippen LogP contribution in [-0.2, 0) is 4.79 Å². The van der Waals surface area contributed by atoms with Gasteiger partial charge in [0.25, 0.3) is 0 Å². The standard InChI is InChI=1S/C14H21N3O/c1-10(11-3-5-13(15)6-4-11)16-14(18)12-7-8-17(2)9-12/h3-6,10,12H,7-9,15H2,1-2H3,(H,16,18). The molecule has 18 heavy (non-hydrogen) atoms. The number of amides is 1. The molecule has 1 aromatic carbocycles. The van der Waals surface area contributed by atoms with E-state index in [2.05, 4.69) is 17.3 Å². The zero-order chi connectivity index (χ0) is 13.1. The number of nitrogens with zero attached hydrogens (tertiary/aromatic N) is 1. The first-order chi connectivity index (χ1) is 8.56. The summed E-state index contributed by atoms with van der Waals surface area (Å²) in [7, 11) is 2.05. The van der Waals surface area contributed by atoms with E-state index in [-0.39, 0.29) is 17.9 Å². The van der Waals surface area contributed by atoms with Crippen LogP contribution in [0.4, 0.5) is 5.69 Å². The number of carbonyl (C=O) groups is 1. The van der Waals surface area contributed by atoms with Gasteiger partial charge in [0.1, 0.15) is 0 Å². The predicted molar refractivity (Wildman–Crippen MR) is 73.0 cm³/mol. The van der Waals surface area contributed by atoms with Crippen molar-refractivity contribution in [1.29, 1.82) is 0 Å². The van der Waals surface area contributed by atoms with Gasteiger partial charge < -0.3 is 16.0 Å². The zero-order valence-electron chi connectivity index (χ0n) is 11.0. The van der Waals surface area contributed by atoms with Crippen LogP contribution in [0.15, 0.2) is 24.3 Å². The highest BCUT2D eigenvalue weighted by Crippen LogP contribution is 2.18. The van der Waals surface area contributed by atoms with E-state index in [1.807, 2.05) is 31.2 Å². The molecule has 1 amide bonds. The summed E-state index contributed by atoms with van der Waals surface area (Å²) in [6.07, 6.45) is 0.955. The van der Waals surface area contributed by atoms with Crippen molar-refractivity contribution in [3.8, 4) is 0 Å². The number of likely N-dealkylation sites (tertiary alicyclic amines) is 1. The Bertz CT molecular complexity index is 416. The molecule has 1 aliphatic heterocycles. The highest BCUT2D eigenvalue weighted by Gasteiger charge is 2.26. The van der Waals surface area contributed by atoms with Gasteiger partial charge in [-0.05, 0) is 44.6 Å². The molecule has 1 saturated heterocycles. The summed E-state index contributed by atoms with van der Waals surface area (Å²) >= 11 is 0. The summed E-state index contributed by atoms with van der Waals surface area (Å²) in [5.41, 5.74) is 7.48. The molecular formula is C14H21N3O. The fraction of sp³-hybridized carbons (Fsp3) is 0.500. The van der Waals surface area contributed by atoms with Crippen LogP contribution in [0.3, 0.4) is 0 Å². The van der Waals surface area contributed by atoms with Crippen LogP contribution in [0.25, 0.3) is 0 Å². The molecule has 0 aliphatic carbocycles. The fourth-order valence-corrected chi connectivity index (χ4v) is 2.35. The minimum absolute atomic E-state index is 0.0315. The highest BCUT2D eigenvalue weighted by atomic mass is 16.2. The van der Waals surface area contributed by atoms with Gasteiger partial charge in [-0.1, -0.05) is 12.1 Å². The van der Waals surface area contributed by atoms with Crippen LogP contribution in [-0.4, -0.2) is 30.9 Å². The third-order valence-corrected chi connectivity index (χ3v) is 3.56. The van der Waals surface area contributed by atoms with Crippen molar-refractivity contribution >= 4 is 11.6 Å².